The van der Waals surface area contributed by atoms with Crippen molar-refractivity contribution in [1.29, 1.82) is 0 Å². The molecule has 1 aromatic rings. The Hall–Kier alpha value is -2.02. The molecule has 1 aliphatic rings. The molecule has 0 saturated heterocycles. The number of halogens is 1. The number of rotatable bonds is 3. The summed E-state index contributed by atoms with van der Waals surface area (Å²) >= 11 is 3.43. The number of hydrogen-bond donors (Lipinski definition) is 0. The highest BCUT2D eigenvalue weighted by Gasteiger charge is 2.40. The van der Waals surface area contributed by atoms with Gasteiger partial charge in [-0.25, -0.2) is 9.59 Å². The molecule has 0 unspecified atom stereocenters. The Bertz CT molecular complexity index is 687. The molecule has 124 valence electrons. The maximum atomic E-state index is 12.5. The van der Waals surface area contributed by atoms with Gasteiger partial charge >= 0.3 is 12.0 Å². The van der Waals surface area contributed by atoms with Crippen LogP contribution in [0.25, 0.3) is 0 Å². The molecular weight excluding hydrogens is 364 g/mol. The van der Waals surface area contributed by atoms with Gasteiger partial charge in [0.2, 0.25) is 0 Å². The van der Waals surface area contributed by atoms with Crippen LogP contribution in [0.2, 0.25) is 0 Å². The topological polar surface area (TPSA) is 59.1 Å². The number of benzene rings is 1. The number of carbonyl (C=O) groups excluding carboxylic acids is 2. The van der Waals surface area contributed by atoms with Crippen LogP contribution < -0.4 is 4.74 Å². The van der Waals surface area contributed by atoms with Crippen molar-refractivity contribution in [2.75, 3.05) is 28.3 Å². The van der Waals surface area contributed by atoms with E-state index in [0.29, 0.717) is 22.6 Å². The third kappa shape index (κ3) is 2.93. The summed E-state index contributed by atoms with van der Waals surface area (Å²) in [5, 5.41) is 0. The van der Waals surface area contributed by atoms with Gasteiger partial charge in [-0.1, -0.05) is 15.9 Å². The molecule has 1 aliphatic heterocycles. The van der Waals surface area contributed by atoms with Gasteiger partial charge in [-0.2, -0.15) is 0 Å². The molecule has 7 heteroatoms. The minimum Gasteiger partial charge on any atom is -0.496 e. The van der Waals surface area contributed by atoms with Crippen LogP contribution in [0, 0.1) is 0 Å². The number of ether oxygens (including phenoxy) is 2. The van der Waals surface area contributed by atoms with E-state index >= 15 is 0 Å². The van der Waals surface area contributed by atoms with Crippen LogP contribution in [-0.2, 0) is 9.53 Å². The maximum Gasteiger partial charge on any atom is 0.337 e. The van der Waals surface area contributed by atoms with E-state index in [1.807, 2.05) is 12.1 Å². The van der Waals surface area contributed by atoms with Crippen LogP contribution in [0.15, 0.2) is 33.9 Å². The van der Waals surface area contributed by atoms with E-state index in [4.69, 9.17) is 9.47 Å². The van der Waals surface area contributed by atoms with Crippen molar-refractivity contribution in [2.24, 2.45) is 0 Å². The molecule has 2 amide bonds. The number of nitrogens with zero attached hydrogens (tertiary/aromatic N) is 2. The zero-order valence-corrected chi connectivity index (χ0v) is 15.3. The van der Waals surface area contributed by atoms with Crippen molar-refractivity contribution in [3.63, 3.8) is 0 Å². The first-order valence-corrected chi connectivity index (χ1v) is 7.75. The van der Waals surface area contributed by atoms with Crippen molar-refractivity contribution in [1.82, 2.24) is 9.80 Å². The molecule has 1 aromatic carbocycles. The van der Waals surface area contributed by atoms with Gasteiger partial charge < -0.3 is 19.3 Å². The van der Waals surface area contributed by atoms with E-state index in [-0.39, 0.29) is 6.03 Å². The molecule has 0 bridgehead atoms. The second kappa shape index (κ2) is 6.62. The van der Waals surface area contributed by atoms with E-state index in [9.17, 15) is 9.59 Å². The van der Waals surface area contributed by atoms with Gasteiger partial charge in [0.05, 0.1) is 25.8 Å². The largest absolute Gasteiger partial charge is 0.496 e. The Morgan fingerprint density at radius 2 is 1.91 bits per heavy atom. The average molecular weight is 383 g/mol. The summed E-state index contributed by atoms with van der Waals surface area (Å²) in [5.74, 6) is 0.123. The van der Waals surface area contributed by atoms with E-state index < -0.39 is 12.0 Å². The van der Waals surface area contributed by atoms with E-state index in [1.165, 1.54) is 16.9 Å². The zero-order valence-electron chi connectivity index (χ0n) is 13.7. The molecule has 2 rings (SSSR count). The van der Waals surface area contributed by atoms with E-state index in [0.717, 1.165) is 4.47 Å². The number of methoxy groups -OCH3 is 2. The third-order valence-corrected chi connectivity index (χ3v) is 4.53. The lowest BCUT2D eigenvalue weighted by Gasteiger charge is -2.39. The quantitative estimate of drug-likeness (QED) is 0.754. The summed E-state index contributed by atoms with van der Waals surface area (Å²) < 4.78 is 11.2. The molecule has 0 aromatic heterocycles. The summed E-state index contributed by atoms with van der Waals surface area (Å²) in [6.07, 6.45) is 0. The van der Waals surface area contributed by atoms with Crippen LogP contribution in [0.3, 0.4) is 0 Å². The Morgan fingerprint density at radius 1 is 1.26 bits per heavy atom. The van der Waals surface area contributed by atoms with Crippen LogP contribution in [0.4, 0.5) is 4.79 Å². The summed E-state index contributed by atoms with van der Waals surface area (Å²) in [5.41, 5.74) is 1.69. The molecule has 6 nitrogen and oxygen atoms in total. The van der Waals surface area contributed by atoms with E-state index in [2.05, 4.69) is 15.9 Å². The maximum absolute atomic E-state index is 12.5. The zero-order chi connectivity index (χ0) is 17.3. The normalized spacial score (nSPS) is 18.3. The Kier molecular flexibility index (Phi) is 4.99. The first kappa shape index (κ1) is 17.3. The fraction of sp³-hybridized carbons (Fsp3) is 0.375. The van der Waals surface area contributed by atoms with Gasteiger partial charge in [0.25, 0.3) is 0 Å². The number of hydrogen-bond acceptors (Lipinski definition) is 4. The molecule has 1 atom stereocenters. The smallest absolute Gasteiger partial charge is 0.337 e. The molecule has 23 heavy (non-hydrogen) atoms. The molecule has 0 aliphatic carbocycles. The standard InChI is InChI=1S/C16H19BrN2O4/c1-9-13(15(20)23-5)14(19(3)16(21)18(9)2)11-8-10(17)6-7-12(11)22-4/h6-8,14H,1-5H3/t14-/m1/s1. The summed E-state index contributed by atoms with van der Waals surface area (Å²) in [7, 11) is 6.16. The number of carbonyl (C=O) groups is 2. The Morgan fingerprint density at radius 3 is 2.48 bits per heavy atom. The van der Waals surface area contributed by atoms with Crippen LogP contribution >= 0.6 is 15.9 Å². The molecule has 1 heterocycles. The summed E-state index contributed by atoms with van der Waals surface area (Å²) in [4.78, 5) is 27.8. The number of urea groups is 1. The highest BCUT2D eigenvalue weighted by atomic mass is 79.9. The molecule has 0 N–H and O–H groups in total. The highest BCUT2D eigenvalue weighted by molar-refractivity contribution is 9.10. The second-order valence-corrected chi connectivity index (χ2v) is 6.15. The summed E-state index contributed by atoms with van der Waals surface area (Å²) in [6, 6.07) is 4.68. The fourth-order valence-corrected chi connectivity index (χ4v) is 3.09. The number of likely N-dealkylation sites (N-methyl/N-ethyl adjacent to an activating group) is 1. The minimum absolute atomic E-state index is 0.206. The molecule has 0 spiro atoms. The van der Waals surface area contributed by atoms with Crippen molar-refractivity contribution >= 4 is 27.9 Å². The van der Waals surface area contributed by atoms with Gasteiger partial charge in [0, 0.05) is 29.8 Å². The van der Waals surface area contributed by atoms with Crippen molar-refractivity contribution in [2.45, 2.75) is 13.0 Å². The molecule has 0 saturated carbocycles. The molecule has 0 radical (unpaired) electrons. The highest BCUT2D eigenvalue weighted by Crippen LogP contribution is 2.40. The monoisotopic (exact) mass is 382 g/mol. The van der Waals surface area contributed by atoms with Gasteiger partial charge in [0.15, 0.2) is 0 Å². The van der Waals surface area contributed by atoms with Gasteiger partial charge in [0.1, 0.15) is 5.75 Å². The van der Waals surface area contributed by atoms with Gasteiger partial charge in [-0.05, 0) is 25.1 Å². The first-order chi connectivity index (χ1) is 10.8. The number of allylic oxidation sites excluding steroid dienone is 1. The Balaban J connectivity index is 2.73. The van der Waals surface area contributed by atoms with Gasteiger partial charge in [-0.3, -0.25) is 0 Å². The van der Waals surface area contributed by atoms with Crippen LogP contribution in [-0.4, -0.2) is 50.1 Å². The predicted molar refractivity (Wildman–Crippen MR) is 89.1 cm³/mol. The van der Waals surface area contributed by atoms with E-state index in [1.54, 1.807) is 34.2 Å². The number of amides is 2. The first-order valence-electron chi connectivity index (χ1n) is 6.96. The van der Waals surface area contributed by atoms with Crippen LogP contribution in [0.5, 0.6) is 5.75 Å². The van der Waals surface area contributed by atoms with Crippen molar-refractivity contribution < 1.29 is 19.1 Å². The summed E-state index contributed by atoms with van der Waals surface area (Å²) in [6.45, 7) is 1.73. The van der Waals surface area contributed by atoms with Crippen molar-refractivity contribution in [3.8, 4) is 5.75 Å². The lowest BCUT2D eigenvalue weighted by atomic mass is 9.93. The third-order valence-electron chi connectivity index (χ3n) is 4.03. The number of esters is 1. The Labute approximate surface area is 143 Å². The lowest BCUT2D eigenvalue weighted by Crippen LogP contribution is -2.47. The van der Waals surface area contributed by atoms with Crippen LogP contribution in [0.1, 0.15) is 18.5 Å². The SMILES string of the molecule is COC(=O)C1=C(C)N(C)C(=O)N(C)[C@@H]1c1cc(Br)ccc1OC. The minimum atomic E-state index is -0.585. The average Bonchev–Trinajstić information content (AvgIpc) is 2.55. The fourth-order valence-electron chi connectivity index (χ4n) is 2.72. The second-order valence-electron chi connectivity index (χ2n) is 5.23. The molecule has 0 fully saturated rings. The van der Waals surface area contributed by atoms with Crippen molar-refractivity contribution in [3.05, 3.63) is 39.5 Å². The lowest BCUT2D eigenvalue weighted by molar-refractivity contribution is -0.137. The molecular formula is C16H19BrN2O4. The predicted octanol–water partition coefficient (Wildman–Crippen LogP) is 2.94. The van der Waals surface area contributed by atoms with Gasteiger partial charge in [-0.15, -0.1) is 0 Å².